The molecule has 3 atom stereocenters. The van der Waals surface area contributed by atoms with Gasteiger partial charge in [-0.05, 0) is 44.4 Å². The Morgan fingerprint density at radius 1 is 1.16 bits per heavy atom. The third-order valence-electron chi connectivity index (χ3n) is 5.13. The van der Waals surface area contributed by atoms with E-state index in [1.54, 1.807) is 0 Å². The first-order valence-electron chi connectivity index (χ1n) is 8.19. The zero-order valence-corrected chi connectivity index (χ0v) is 12.2. The second-order valence-corrected chi connectivity index (χ2v) is 6.48. The molecule has 0 bridgehead atoms. The van der Waals surface area contributed by atoms with E-state index in [0.29, 0.717) is 12.1 Å². The summed E-state index contributed by atoms with van der Waals surface area (Å²) >= 11 is 0. The van der Waals surface area contributed by atoms with Crippen LogP contribution in [-0.4, -0.2) is 23.2 Å². The molecule has 0 amide bonds. The fraction of sp³-hybridized carbons (Fsp3) is 0.938. The Balaban J connectivity index is 1.84. The number of carbonyl (C=O) groups is 1. The number of rotatable bonds is 5. The molecule has 3 unspecified atom stereocenters. The number of hydrogen-bond acceptors (Lipinski definition) is 2. The Hall–Kier alpha value is -0.570. The Kier molecular flexibility index (Phi) is 5.68. The van der Waals surface area contributed by atoms with Gasteiger partial charge >= 0.3 is 5.97 Å². The van der Waals surface area contributed by atoms with Gasteiger partial charge in [-0.1, -0.05) is 32.6 Å². The first-order chi connectivity index (χ1) is 9.20. The average Bonchev–Trinajstić information content (AvgIpc) is 2.46. The van der Waals surface area contributed by atoms with Crippen LogP contribution in [0, 0.1) is 11.8 Å². The van der Waals surface area contributed by atoms with E-state index >= 15 is 0 Å². The van der Waals surface area contributed by atoms with E-state index in [1.165, 1.54) is 38.5 Å². The number of carboxylic acid groups (broad SMARTS) is 1. The molecule has 2 aliphatic carbocycles. The lowest BCUT2D eigenvalue weighted by molar-refractivity contribution is -0.143. The maximum Gasteiger partial charge on any atom is 0.306 e. The highest BCUT2D eigenvalue weighted by molar-refractivity contribution is 5.70. The summed E-state index contributed by atoms with van der Waals surface area (Å²) in [5, 5.41) is 13.0. The van der Waals surface area contributed by atoms with Crippen molar-refractivity contribution < 1.29 is 9.90 Å². The Morgan fingerprint density at radius 3 is 2.53 bits per heavy atom. The van der Waals surface area contributed by atoms with E-state index in [-0.39, 0.29) is 5.92 Å². The average molecular weight is 267 g/mol. The largest absolute Gasteiger partial charge is 0.481 e. The van der Waals surface area contributed by atoms with Crippen LogP contribution in [0.5, 0.6) is 0 Å². The fourth-order valence-electron chi connectivity index (χ4n) is 3.99. The molecule has 110 valence electrons. The highest BCUT2D eigenvalue weighted by Gasteiger charge is 2.30. The molecular formula is C16H29NO2. The summed E-state index contributed by atoms with van der Waals surface area (Å²) in [4.78, 5) is 11.1. The van der Waals surface area contributed by atoms with Gasteiger partial charge in [0.25, 0.3) is 0 Å². The van der Waals surface area contributed by atoms with Gasteiger partial charge in [-0.15, -0.1) is 0 Å². The predicted molar refractivity (Wildman–Crippen MR) is 77.2 cm³/mol. The maximum atomic E-state index is 11.1. The molecule has 19 heavy (non-hydrogen) atoms. The van der Waals surface area contributed by atoms with Crippen LogP contribution in [0.15, 0.2) is 0 Å². The zero-order valence-electron chi connectivity index (χ0n) is 12.2. The van der Waals surface area contributed by atoms with Crippen molar-refractivity contribution in [1.82, 2.24) is 5.32 Å². The molecule has 2 saturated carbocycles. The summed E-state index contributed by atoms with van der Waals surface area (Å²) < 4.78 is 0. The highest BCUT2D eigenvalue weighted by Crippen LogP contribution is 2.30. The second-order valence-electron chi connectivity index (χ2n) is 6.48. The van der Waals surface area contributed by atoms with E-state index in [0.717, 1.165) is 31.6 Å². The van der Waals surface area contributed by atoms with Crippen molar-refractivity contribution in [3.8, 4) is 0 Å². The first-order valence-corrected chi connectivity index (χ1v) is 8.19. The number of aliphatic carboxylic acids is 1. The molecule has 3 nitrogen and oxygen atoms in total. The van der Waals surface area contributed by atoms with Gasteiger partial charge in [0.05, 0.1) is 5.92 Å². The molecule has 0 aromatic rings. The number of nitrogens with one attached hydrogen (secondary N) is 1. The van der Waals surface area contributed by atoms with Gasteiger partial charge in [-0.25, -0.2) is 0 Å². The van der Waals surface area contributed by atoms with Gasteiger partial charge in [0.1, 0.15) is 0 Å². The van der Waals surface area contributed by atoms with E-state index < -0.39 is 5.97 Å². The standard InChI is InChI=1S/C16H29NO2/c1-2-15(12-7-4-3-5-8-12)17-14-10-6-9-13(11-14)16(18)19/h12-15,17H,2-11H2,1H3,(H,18,19). The lowest BCUT2D eigenvalue weighted by Crippen LogP contribution is -2.45. The summed E-state index contributed by atoms with van der Waals surface area (Å²) in [6, 6.07) is 1.04. The normalized spacial score (nSPS) is 31.0. The van der Waals surface area contributed by atoms with Gasteiger partial charge < -0.3 is 10.4 Å². The summed E-state index contributed by atoms with van der Waals surface area (Å²) in [5.41, 5.74) is 0. The van der Waals surface area contributed by atoms with Gasteiger partial charge in [-0.2, -0.15) is 0 Å². The van der Waals surface area contributed by atoms with Crippen molar-refractivity contribution in [2.24, 2.45) is 11.8 Å². The van der Waals surface area contributed by atoms with Gasteiger partial charge in [0.2, 0.25) is 0 Å². The van der Waals surface area contributed by atoms with Gasteiger partial charge in [-0.3, -0.25) is 4.79 Å². The quantitative estimate of drug-likeness (QED) is 0.800. The minimum atomic E-state index is -0.600. The van der Waals surface area contributed by atoms with Crippen molar-refractivity contribution in [2.45, 2.75) is 83.2 Å². The third kappa shape index (κ3) is 4.20. The second kappa shape index (κ2) is 7.28. The third-order valence-corrected chi connectivity index (χ3v) is 5.13. The van der Waals surface area contributed by atoms with Crippen LogP contribution < -0.4 is 5.32 Å². The summed E-state index contributed by atoms with van der Waals surface area (Å²) in [6.07, 6.45) is 12.0. The topological polar surface area (TPSA) is 49.3 Å². The van der Waals surface area contributed by atoms with Crippen LogP contribution >= 0.6 is 0 Å². The molecule has 0 heterocycles. The minimum Gasteiger partial charge on any atom is -0.481 e. The summed E-state index contributed by atoms with van der Waals surface area (Å²) in [5.74, 6) is 0.108. The maximum absolute atomic E-state index is 11.1. The monoisotopic (exact) mass is 267 g/mol. The van der Waals surface area contributed by atoms with E-state index in [9.17, 15) is 4.79 Å². The SMILES string of the molecule is CCC(NC1CCCC(C(=O)O)C1)C1CCCCC1. The van der Waals surface area contributed by atoms with Crippen molar-refractivity contribution >= 4 is 5.97 Å². The smallest absolute Gasteiger partial charge is 0.306 e. The van der Waals surface area contributed by atoms with E-state index in [2.05, 4.69) is 12.2 Å². The zero-order chi connectivity index (χ0) is 13.7. The molecule has 2 aliphatic rings. The van der Waals surface area contributed by atoms with Crippen molar-refractivity contribution in [1.29, 1.82) is 0 Å². The molecule has 2 fully saturated rings. The van der Waals surface area contributed by atoms with E-state index in [4.69, 9.17) is 5.11 Å². The molecule has 0 saturated heterocycles. The summed E-state index contributed by atoms with van der Waals surface area (Å²) in [7, 11) is 0. The molecule has 0 aromatic carbocycles. The number of carboxylic acids is 1. The number of hydrogen-bond donors (Lipinski definition) is 2. The Bertz CT molecular complexity index is 286. The first kappa shape index (κ1) is 14.8. The molecule has 0 spiro atoms. The molecule has 0 radical (unpaired) electrons. The molecule has 0 aromatic heterocycles. The fourth-order valence-corrected chi connectivity index (χ4v) is 3.99. The Morgan fingerprint density at radius 2 is 1.89 bits per heavy atom. The highest BCUT2D eigenvalue weighted by atomic mass is 16.4. The molecule has 2 N–H and O–H groups in total. The lowest BCUT2D eigenvalue weighted by Gasteiger charge is -2.36. The van der Waals surface area contributed by atoms with Crippen LogP contribution in [-0.2, 0) is 4.79 Å². The van der Waals surface area contributed by atoms with Crippen molar-refractivity contribution in [2.75, 3.05) is 0 Å². The molecular weight excluding hydrogens is 238 g/mol. The van der Waals surface area contributed by atoms with Crippen molar-refractivity contribution in [3.63, 3.8) is 0 Å². The van der Waals surface area contributed by atoms with Crippen LogP contribution in [0.2, 0.25) is 0 Å². The lowest BCUT2D eigenvalue weighted by atomic mass is 9.80. The Labute approximate surface area is 117 Å². The molecule has 3 heteroatoms. The van der Waals surface area contributed by atoms with Crippen LogP contribution in [0.1, 0.15) is 71.1 Å². The van der Waals surface area contributed by atoms with Gasteiger partial charge in [0.15, 0.2) is 0 Å². The van der Waals surface area contributed by atoms with Crippen molar-refractivity contribution in [3.05, 3.63) is 0 Å². The van der Waals surface area contributed by atoms with Crippen LogP contribution in [0.3, 0.4) is 0 Å². The van der Waals surface area contributed by atoms with Crippen LogP contribution in [0.25, 0.3) is 0 Å². The summed E-state index contributed by atoms with van der Waals surface area (Å²) in [6.45, 7) is 2.27. The van der Waals surface area contributed by atoms with E-state index in [1.807, 2.05) is 0 Å². The van der Waals surface area contributed by atoms with Gasteiger partial charge in [0, 0.05) is 12.1 Å². The molecule has 0 aliphatic heterocycles. The predicted octanol–water partition coefficient (Wildman–Crippen LogP) is 3.58. The molecule has 2 rings (SSSR count). The minimum absolute atomic E-state index is 0.116. The van der Waals surface area contributed by atoms with Crippen LogP contribution in [0.4, 0.5) is 0 Å².